The highest BCUT2D eigenvalue weighted by Crippen LogP contribution is 2.20. The van der Waals surface area contributed by atoms with E-state index in [1.807, 2.05) is 12.4 Å². The number of hydrogen-bond donors (Lipinski definition) is 1. The predicted octanol–water partition coefficient (Wildman–Crippen LogP) is 4.23. The Morgan fingerprint density at radius 2 is 2.06 bits per heavy atom. The lowest BCUT2D eigenvalue weighted by Gasteiger charge is -2.16. The number of halogens is 1. The van der Waals surface area contributed by atoms with Crippen LogP contribution in [0, 0.1) is 0 Å². The molecule has 2 aromatic rings. The van der Waals surface area contributed by atoms with Crippen molar-refractivity contribution in [1.82, 2.24) is 9.55 Å². The summed E-state index contributed by atoms with van der Waals surface area (Å²) in [6, 6.07) is 8.61. The predicted molar refractivity (Wildman–Crippen MR) is 78.7 cm³/mol. The lowest BCUT2D eigenvalue weighted by Crippen LogP contribution is -2.11. The highest BCUT2D eigenvalue weighted by Gasteiger charge is 2.08. The summed E-state index contributed by atoms with van der Waals surface area (Å²) in [5.74, 6) is 0.937. The Morgan fingerprint density at radius 3 is 2.72 bits per heavy atom. The molecular formula is C14H18BrN3. The largest absolute Gasteiger partial charge is 0.349 e. The van der Waals surface area contributed by atoms with Crippen LogP contribution in [0.4, 0.5) is 5.95 Å². The van der Waals surface area contributed by atoms with E-state index in [0.29, 0.717) is 0 Å². The maximum atomic E-state index is 4.36. The molecule has 1 N–H and O–H groups in total. The van der Waals surface area contributed by atoms with Gasteiger partial charge in [0.05, 0.1) is 6.04 Å². The number of aromatic nitrogens is 2. The maximum Gasteiger partial charge on any atom is 0.203 e. The molecule has 0 saturated heterocycles. The first-order chi connectivity index (χ1) is 8.70. The summed E-state index contributed by atoms with van der Waals surface area (Å²) in [5.41, 5.74) is 1.25. The van der Waals surface area contributed by atoms with E-state index in [4.69, 9.17) is 0 Å². The fraction of sp³-hybridized carbons (Fsp3) is 0.357. The number of aryl methyl sites for hydroxylation is 1. The number of nitrogens with zero attached hydrogens (tertiary/aromatic N) is 2. The highest BCUT2D eigenvalue weighted by molar-refractivity contribution is 9.10. The Balaban J connectivity index is 2.08. The van der Waals surface area contributed by atoms with Crippen LogP contribution in [-0.2, 0) is 6.54 Å². The second kappa shape index (κ2) is 6.05. The van der Waals surface area contributed by atoms with Gasteiger partial charge in [0.1, 0.15) is 0 Å². The molecule has 18 heavy (non-hydrogen) atoms. The van der Waals surface area contributed by atoms with Crippen LogP contribution in [0.15, 0.2) is 41.1 Å². The van der Waals surface area contributed by atoms with Crippen LogP contribution in [0.3, 0.4) is 0 Å². The van der Waals surface area contributed by atoms with E-state index in [-0.39, 0.29) is 6.04 Å². The average Bonchev–Trinajstić information content (AvgIpc) is 2.78. The monoisotopic (exact) mass is 307 g/mol. The van der Waals surface area contributed by atoms with E-state index in [1.54, 1.807) is 0 Å². The topological polar surface area (TPSA) is 29.9 Å². The molecule has 1 aromatic heterocycles. The van der Waals surface area contributed by atoms with Crippen LogP contribution in [-0.4, -0.2) is 9.55 Å². The number of rotatable bonds is 5. The molecule has 0 aliphatic heterocycles. The van der Waals surface area contributed by atoms with Crippen molar-refractivity contribution >= 4 is 21.9 Å². The smallest absolute Gasteiger partial charge is 0.203 e. The summed E-state index contributed by atoms with van der Waals surface area (Å²) in [7, 11) is 0. The van der Waals surface area contributed by atoms with Crippen molar-refractivity contribution in [2.24, 2.45) is 0 Å². The molecule has 1 aromatic carbocycles. The van der Waals surface area contributed by atoms with Gasteiger partial charge in [0.2, 0.25) is 5.95 Å². The minimum absolute atomic E-state index is 0.246. The molecule has 1 unspecified atom stereocenters. The third-order valence-corrected chi connectivity index (χ3v) is 3.42. The van der Waals surface area contributed by atoms with Gasteiger partial charge >= 0.3 is 0 Å². The second-order valence-electron chi connectivity index (χ2n) is 4.36. The van der Waals surface area contributed by atoms with Gasteiger partial charge in [-0.3, -0.25) is 0 Å². The van der Waals surface area contributed by atoms with Crippen molar-refractivity contribution in [2.45, 2.75) is 32.9 Å². The van der Waals surface area contributed by atoms with Gasteiger partial charge in [0, 0.05) is 23.4 Å². The summed E-state index contributed by atoms with van der Waals surface area (Å²) >= 11 is 3.45. The number of hydrogen-bond acceptors (Lipinski definition) is 2. The Morgan fingerprint density at radius 1 is 1.33 bits per heavy atom. The van der Waals surface area contributed by atoms with Crippen LogP contribution >= 0.6 is 15.9 Å². The van der Waals surface area contributed by atoms with E-state index in [1.165, 1.54) is 5.56 Å². The number of benzene rings is 1. The Kier molecular flexibility index (Phi) is 4.42. The van der Waals surface area contributed by atoms with Crippen LogP contribution in [0.25, 0.3) is 0 Å². The lowest BCUT2D eigenvalue weighted by molar-refractivity contribution is 0.674. The average molecular weight is 308 g/mol. The zero-order valence-corrected chi connectivity index (χ0v) is 12.3. The van der Waals surface area contributed by atoms with Gasteiger partial charge in [-0.1, -0.05) is 35.0 Å². The first-order valence-corrected chi connectivity index (χ1v) is 7.03. The summed E-state index contributed by atoms with van der Waals surface area (Å²) in [6.45, 7) is 5.31. The molecule has 0 fully saturated rings. The standard InChI is InChI=1S/C14H18BrN3/c1-3-9-18-10-8-16-14(18)17-11(2)12-4-6-13(15)7-5-12/h4-8,10-11H,3,9H2,1-2H3,(H,16,17). The summed E-state index contributed by atoms with van der Waals surface area (Å²) in [6.07, 6.45) is 4.96. The van der Waals surface area contributed by atoms with Crippen molar-refractivity contribution < 1.29 is 0 Å². The Bertz CT molecular complexity index is 490. The van der Waals surface area contributed by atoms with Gasteiger partial charge in [-0.25, -0.2) is 4.98 Å². The molecular weight excluding hydrogens is 290 g/mol. The number of imidazole rings is 1. The van der Waals surface area contributed by atoms with Crippen molar-refractivity contribution in [1.29, 1.82) is 0 Å². The van der Waals surface area contributed by atoms with E-state index >= 15 is 0 Å². The van der Waals surface area contributed by atoms with Gasteiger partial charge in [0.15, 0.2) is 0 Å². The molecule has 96 valence electrons. The van der Waals surface area contributed by atoms with Crippen molar-refractivity contribution in [3.05, 3.63) is 46.7 Å². The maximum absolute atomic E-state index is 4.36. The summed E-state index contributed by atoms with van der Waals surface area (Å²) in [5, 5.41) is 3.45. The Labute approximate surface area is 116 Å². The molecule has 1 heterocycles. The minimum Gasteiger partial charge on any atom is -0.349 e. The molecule has 2 rings (SSSR count). The zero-order chi connectivity index (χ0) is 13.0. The normalized spacial score (nSPS) is 12.4. The van der Waals surface area contributed by atoms with Gasteiger partial charge in [-0.15, -0.1) is 0 Å². The molecule has 0 spiro atoms. The number of anilines is 1. The molecule has 4 heteroatoms. The summed E-state index contributed by atoms with van der Waals surface area (Å²) in [4.78, 5) is 4.36. The van der Waals surface area contributed by atoms with Crippen molar-refractivity contribution in [2.75, 3.05) is 5.32 Å². The minimum atomic E-state index is 0.246. The molecule has 1 atom stereocenters. The second-order valence-corrected chi connectivity index (χ2v) is 5.28. The molecule has 0 bridgehead atoms. The lowest BCUT2D eigenvalue weighted by atomic mass is 10.1. The molecule has 0 aliphatic carbocycles. The quantitative estimate of drug-likeness (QED) is 0.896. The molecule has 0 saturated carbocycles. The molecule has 0 radical (unpaired) electrons. The van der Waals surface area contributed by atoms with Crippen LogP contribution in [0.5, 0.6) is 0 Å². The van der Waals surface area contributed by atoms with E-state index in [0.717, 1.165) is 23.4 Å². The van der Waals surface area contributed by atoms with Gasteiger partial charge in [0.25, 0.3) is 0 Å². The number of nitrogens with one attached hydrogen (secondary N) is 1. The van der Waals surface area contributed by atoms with E-state index in [2.05, 4.69) is 68.9 Å². The van der Waals surface area contributed by atoms with Crippen LogP contribution in [0.2, 0.25) is 0 Å². The van der Waals surface area contributed by atoms with Crippen LogP contribution < -0.4 is 5.32 Å². The molecule has 0 amide bonds. The van der Waals surface area contributed by atoms with Gasteiger partial charge in [-0.2, -0.15) is 0 Å². The zero-order valence-electron chi connectivity index (χ0n) is 10.7. The van der Waals surface area contributed by atoms with Crippen molar-refractivity contribution in [3.63, 3.8) is 0 Å². The van der Waals surface area contributed by atoms with Gasteiger partial charge in [-0.05, 0) is 31.0 Å². The molecule has 3 nitrogen and oxygen atoms in total. The van der Waals surface area contributed by atoms with Crippen molar-refractivity contribution in [3.8, 4) is 0 Å². The third kappa shape index (κ3) is 3.13. The highest BCUT2D eigenvalue weighted by atomic mass is 79.9. The fourth-order valence-electron chi connectivity index (χ4n) is 1.90. The third-order valence-electron chi connectivity index (χ3n) is 2.90. The first-order valence-electron chi connectivity index (χ1n) is 6.24. The molecule has 0 aliphatic rings. The SMILES string of the molecule is CCCn1ccnc1NC(C)c1ccc(Br)cc1. The van der Waals surface area contributed by atoms with Crippen LogP contribution in [0.1, 0.15) is 31.9 Å². The van der Waals surface area contributed by atoms with E-state index < -0.39 is 0 Å². The Hall–Kier alpha value is -1.29. The van der Waals surface area contributed by atoms with Gasteiger partial charge < -0.3 is 9.88 Å². The fourth-order valence-corrected chi connectivity index (χ4v) is 2.16. The summed E-state index contributed by atoms with van der Waals surface area (Å²) < 4.78 is 3.25. The van der Waals surface area contributed by atoms with E-state index in [9.17, 15) is 0 Å². The first kappa shape index (κ1) is 13.1.